The van der Waals surface area contributed by atoms with Crippen molar-refractivity contribution in [3.8, 4) is 0 Å². The van der Waals surface area contributed by atoms with Gasteiger partial charge in [-0.15, -0.1) is 10.2 Å². The second-order valence-electron chi connectivity index (χ2n) is 3.77. The summed E-state index contributed by atoms with van der Waals surface area (Å²) in [5, 5.41) is 10.8. The fourth-order valence-corrected chi connectivity index (χ4v) is 2.54. The van der Waals surface area contributed by atoms with E-state index in [-0.39, 0.29) is 11.8 Å². The Bertz CT molecular complexity index is 327. The van der Waals surface area contributed by atoms with E-state index in [2.05, 4.69) is 15.5 Å². The first kappa shape index (κ1) is 10.5. The Morgan fingerprint density at radius 1 is 1.67 bits per heavy atom. The van der Waals surface area contributed by atoms with Crippen LogP contribution in [0.3, 0.4) is 0 Å². The van der Waals surface area contributed by atoms with Crippen LogP contribution in [0.4, 0.5) is 5.13 Å². The van der Waals surface area contributed by atoms with Gasteiger partial charge in [0.05, 0.1) is 0 Å². The van der Waals surface area contributed by atoms with Crippen LogP contribution in [0, 0.1) is 11.8 Å². The van der Waals surface area contributed by atoms with Gasteiger partial charge >= 0.3 is 0 Å². The summed E-state index contributed by atoms with van der Waals surface area (Å²) >= 11 is 1.33. The van der Waals surface area contributed by atoms with Crippen molar-refractivity contribution in [3.05, 3.63) is 5.51 Å². The number of rotatable bonds is 3. The lowest BCUT2D eigenvalue weighted by Gasteiger charge is -2.15. The number of hydrogen-bond donors (Lipinski definition) is 2. The summed E-state index contributed by atoms with van der Waals surface area (Å²) in [6, 6.07) is 0. The van der Waals surface area contributed by atoms with Crippen molar-refractivity contribution in [1.29, 1.82) is 0 Å². The minimum absolute atomic E-state index is 0.0414. The maximum absolute atomic E-state index is 11.9. The smallest absolute Gasteiger partial charge is 0.229 e. The highest BCUT2D eigenvalue weighted by Gasteiger charge is 2.32. The van der Waals surface area contributed by atoms with E-state index in [1.165, 1.54) is 11.3 Å². The molecule has 0 spiro atoms. The van der Waals surface area contributed by atoms with Gasteiger partial charge in [0.1, 0.15) is 5.51 Å². The maximum atomic E-state index is 11.9. The van der Waals surface area contributed by atoms with E-state index in [9.17, 15) is 4.79 Å². The molecule has 0 aromatic carbocycles. The number of hydrogen-bond acceptors (Lipinski definition) is 5. The molecule has 1 heterocycles. The van der Waals surface area contributed by atoms with E-state index in [0.29, 0.717) is 17.6 Å². The summed E-state index contributed by atoms with van der Waals surface area (Å²) < 4.78 is 0. The van der Waals surface area contributed by atoms with Gasteiger partial charge in [0.25, 0.3) is 0 Å². The van der Waals surface area contributed by atoms with Crippen LogP contribution < -0.4 is 11.1 Å². The van der Waals surface area contributed by atoms with E-state index < -0.39 is 0 Å². The molecular formula is C9H14N4OS. The van der Waals surface area contributed by atoms with Gasteiger partial charge in [-0.3, -0.25) is 4.79 Å². The molecule has 1 aliphatic carbocycles. The van der Waals surface area contributed by atoms with Crippen LogP contribution in [0.25, 0.3) is 0 Å². The summed E-state index contributed by atoms with van der Waals surface area (Å²) in [5.74, 6) is 0.427. The highest BCUT2D eigenvalue weighted by Crippen LogP contribution is 2.31. The van der Waals surface area contributed by atoms with Crippen molar-refractivity contribution < 1.29 is 4.79 Å². The van der Waals surface area contributed by atoms with Gasteiger partial charge in [-0.2, -0.15) is 0 Å². The molecule has 2 rings (SSSR count). The molecule has 1 aromatic rings. The third-order valence-electron chi connectivity index (χ3n) is 2.89. The monoisotopic (exact) mass is 226 g/mol. The zero-order chi connectivity index (χ0) is 10.7. The van der Waals surface area contributed by atoms with Gasteiger partial charge in [0, 0.05) is 5.92 Å². The second-order valence-corrected chi connectivity index (χ2v) is 4.60. The Morgan fingerprint density at radius 2 is 2.53 bits per heavy atom. The summed E-state index contributed by atoms with van der Waals surface area (Å²) in [6.45, 7) is 0.591. The van der Waals surface area contributed by atoms with Crippen LogP contribution in [0.5, 0.6) is 0 Å². The Labute approximate surface area is 92.1 Å². The largest absolute Gasteiger partial charge is 0.330 e. The molecular weight excluding hydrogens is 212 g/mol. The lowest BCUT2D eigenvalue weighted by atomic mass is 9.95. The van der Waals surface area contributed by atoms with Gasteiger partial charge in [0.2, 0.25) is 11.0 Å². The molecule has 1 saturated carbocycles. The molecule has 1 fully saturated rings. The molecule has 0 saturated heterocycles. The maximum Gasteiger partial charge on any atom is 0.229 e. The van der Waals surface area contributed by atoms with Crippen LogP contribution in [-0.2, 0) is 4.79 Å². The molecule has 0 bridgehead atoms. The number of carbonyl (C=O) groups is 1. The minimum Gasteiger partial charge on any atom is -0.330 e. The van der Waals surface area contributed by atoms with Crippen molar-refractivity contribution in [3.63, 3.8) is 0 Å². The first-order chi connectivity index (χ1) is 7.31. The fraction of sp³-hybridized carbons (Fsp3) is 0.667. The van der Waals surface area contributed by atoms with Crippen molar-refractivity contribution in [2.75, 3.05) is 11.9 Å². The number of aromatic nitrogens is 2. The fourth-order valence-electron chi connectivity index (χ4n) is 2.09. The van der Waals surface area contributed by atoms with E-state index in [1.807, 2.05) is 0 Å². The number of anilines is 1. The summed E-state index contributed by atoms with van der Waals surface area (Å²) in [7, 11) is 0. The molecule has 6 heteroatoms. The molecule has 3 N–H and O–H groups in total. The van der Waals surface area contributed by atoms with E-state index >= 15 is 0 Å². The molecule has 15 heavy (non-hydrogen) atoms. The number of amides is 1. The van der Waals surface area contributed by atoms with E-state index in [0.717, 1.165) is 19.3 Å². The highest BCUT2D eigenvalue weighted by molar-refractivity contribution is 7.13. The zero-order valence-electron chi connectivity index (χ0n) is 8.35. The average Bonchev–Trinajstić information content (AvgIpc) is 2.86. The Morgan fingerprint density at radius 3 is 3.20 bits per heavy atom. The number of carbonyl (C=O) groups excluding carboxylic acids is 1. The third-order valence-corrected chi connectivity index (χ3v) is 3.50. The van der Waals surface area contributed by atoms with Crippen LogP contribution in [0.15, 0.2) is 5.51 Å². The molecule has 1 aliphatic rings. The Kier molecular flexibility index (Phi) is 3.27. The molecule has 2 unspecified atom stereocenters. The van der Waals surface area contributed by atoms with Crippen LogP contribution in [0.1, 0.15) is 19.3 Å². The molecule has 0 radical (unpaired) electrons. The summed E-state index contributed by atoms with van der Waals surface area (Å²) in [4.78, 5) is 11.9. The van der Waals surface area contributed by atoms with E-state index in [1.54, 1.807) is 5.51 Å². The molecule has 1 aromatic heterocycles. The second kappa shape index (κ2) is 4.67. The van der Waals surface area contributed by atoms with Gasteiger partial charge in [-0.05, 0) is 25.3 Å². The SMILES string of the molecule is NCC1CCCC1C(=O)Nc1nncs1. The van der Waals surface area contributed by atoms with E-state index in [4.69, 9.17) is 5.73 Å². The first-order valence-electron chi connectivity index (χ1n) is 5.08. The lowest BCUT2D eigenvalue weighted by molar-refractivity contribution is -0.120. The quantitative estimate of drug-likeness (QED) is 0.800. The number of nitrogens with zero attached hydrogens (tertiary/aromatic N) is 2. The Balaban J connectivity index is 1.96. The zero-order valence-corrected chi connectivity index (χ0v) is 9.17. The van der Waals surface area contributed by atoms with Gasteiger partial charge in [-0.1, -0.05) is 17.8 Å². The first-order valence-corrected chi connectivity index (χ1v) is 5.96. The van der Waals surface area contributed by atoms with Crippen molar-refractivity contribution in [2.45, 2.75) is 19.3 Å². The molecule has 1 amide bonds. The van der Waals surface area contributed by atoms with Crippen molar-refractivity contribution in [2.24, 2.45) is 17.6 Å². The highest BCUT2D eigenvalue weighted by atomic mass is 32.1. The van der Waals surface area contributed by atoms with Gasteiger partial charge < -0.3 is 11.1 Å². The van der Waals surface area contributed by atoms with Crippen LogP contribution in [-0.4, -0.2) is 22.6 Å². The predicted octanol–water partition coefficient (Wildman–Crippen LogP) is 0.852. The van der Waals surface area contributed by atoms with Gasteiger partial charge in [-0.25, -0.2) is 0 Å². The summed E-state index contributed by atoms with van der Waals surface area (Å²) in [6.07, 6.45) is 3.09. The Hall–Kier alpha value is -1.01. The summed E-state index contributed by atoms with van der Waals surface area (Å²) in [5.41, 5.74) is 7.23. The minimum atomic E-state index is 0.0414. The van der Waals surface area contributed by atoms with Gasteiger partial charge in [0.15, 0.2) is 0 Å². The third kappa shape index (κ3) is 2.32. The average molecular weight is 226 g/mol. The molecule has 2 atom stereocenters. The number of nitrogens with one attached hydrogen (secondary N) is 1. The normalized spacial score (nSPS) is 25.4. The molecule has 82 valence electrons. The molecule has 0 aliphatic heterocycles. The topological polar surface area (TPSA) is 80.9 Å². The standard InChI is InChI=1S/C9H14N4OS/c10-4-6-2-1-3-7(6)8(14)12-9-13-11-5-15-9/h5-7H,1-4,10H2,(H,12,13,14). The van der Waals surface area contributed by atoms with Crippen LogP contribution in [0.2, 0.25) is 0 Å². The molecule has 5 nitrogen and oxygen atoms in total. The van der Waals surface area contributed by atoms with Crippen molar-refractivity contribution in [1.82, 2.24) is 10.2 Å². The number of nitrogens with two attached hydrogens (primary N) is 1. The predicted molar refractivity (Wildman–Crippen MR) is 58.4 cm³/mol. The van der Waals surface area contributed by atoms with Crippen LogP contribution >= 0.6 is 11.3 Å². The van der Waals surface area contributed by atoms with Crippen molar-refractivity contribution >= 4 is 22.4 Å². The lowest BCUT2D eigenvalue weighted by Crippen LogP contribution is -2.29.